The largest absolute Gasteiger partial charge is 0.380 e. The summed E-state index contributed by atoms with van der Waals surface area (Å²) in [4.78, 5) is 5.99. The molecule has 0 bridgehead atoms. The highest BCUT2D eigenvalue weighted by Gasteiger charge is 2.21. The number of rotatable bonds is 9. The Morgan fingerprint density at radius 2 is 2.00 bits per heavy atom. The maximum atomic E-state index is 5.67. The van der Waals surface area contributed by atoms with Crippen molar-refractivity contribution in [2.45, 2.75) is 65.5 Å². The molecular weight excluding hydrogens is 256 g/mol. The minimum absolute atomic E-state index is 0.279. The first-order chi connectivity index (χ1) is 9.12. The van der Waals surface area contributed by atoms with E-state index in [0.29, 0.717) is 6.04 Å². The number of nitrogens with zero attached hydrogens (tertiary/aromatic N) is 1. The summed E-state index contributed by atoms with van der Waals surface area (Å²) in [5, 5.41) is 4.85. The molecule has 2 unspecified atom stereocenters. The fourth-order valence-electron chi connectivity index (χ4n) is 2.25. The second kappa shape index (κ2) is 8.67. The molecule has 0 aliphatic rings. The van der Waals surface area contributed by atoms with Crippen LogP contribution in [0.2, 0.25) is 0 Å². The normalized spacial score (nSPS) is 14.6. The standard InChI is InChI=1S/C15H28N2OS/c1-6-8-14(18-5)13(16-9-7-2)10-15-17-11(3)12(4)19-15/h13-14,16H,6-10H2,1-5H3. The monoisotopic (exact) mass is 284 g/mol. The Hall–Kier alpha value is -0.450. The lowest BCUT2D eigenvalue weighted by atomic mass is 10.0. The third-order valence-electron chi connectivity index (χ3n) is 3.45. The van der Waals surface area contributed by atoms with Crippen LogP contribution in [0.3, 0.4) is 0 Å². The molecule has 1 rings (SSSR count). The molecule has 0 radical (unpaired) electrons. The molecular formula is C15H28N2OS. The van der Waals surface area contributed by atoms with Gasteiger partial charge in [-0.05, 0) is 33.2 Å². The number of aryl methyl sites for hydroxylation is 2. The molecule has 0 aliphatic carbocycles. The topological polar surface area (TPSA) is 34.2 Å². The van der Waals surface area contributed by atoms with Crippen LogP contribution in [0, 0.1) is 13.8 Å². The number of methoxy groups -OCH3 is 1. The van der Waals surface area contributed by atoms with Crippen LogP contribution >= 0.6 is 11.3 Å². The van der Waals surface area contributed by atoms with E-state index in [0.717, 1.165) is 32.2 Å². The van der Waals surface area contributed by atoms with Crippen molar-refractivity contribution in [2.75, 3.05) is 13.7 Å². The van der Waals surface area contributed by atoms with Gasteiger partial charge in [0.25, 0.3) is 0 Å². The molecule has 0 fully saturated rings. The van der Waals surface area contributed by atoms with Crippen molar-refractivity contribution in [3.8, 4) is 0 Å². The van der Waals surface area contributed by atoms with Crippen molar-refractivity contribution < 1.29 is 4.74 Å². The summed E-state index contributed by atoms with van der Waals surface area (Å²) in [6.07, 6.45) is 4.65. The molecule has 0 aliphatic heterocycles. The van der Waals surface area contributed by atoms with Crippen LogP contribution in [0.25, 0.3) is 0 Å². The van der Waals surface area contributed by atoms with Gasteiger partial charge in [0.15, 0.2) is 0 Å². The molecule has 110 valence electrons. The quantitative estimate of drug-likeness (QED) is 0.754. The fraction of sp³-hybridized carbons (Fsp3) is 0.800. The number of hydrogen-bond acceptors (Lipinski definition) is 4. The molecule has 1 heterocycles. The smallest absolute Gasteiger partial charge is 0.0947 e. The third-order valence-corrected chi connectivity index (χ3v) is 4.54. The Kier molecular flexibility index (Phi) is 7.57. The van der Waals surface area contributed by atoms with Gasteiger partial charge in [0, 0.05) is 24.4 Å². The summed E-state index contributed by atoms with van der Waals surface area (Å²) in [6.45, 7) is 9.68. The lowest BCUT2D eigenvalue weighted by Gasteiger charge is -2.26. The average molecular weight is 284 g/mol. The van der Waals surface area contributed by atoms with Crippen LogP contribution < -0.4 is 5.32 Å². The Bertz CT molecular complexity index is 346. The number of hydrogen-bond donors (Lipinski definition) is 1. The van der Waals surface area contributed by atoms with E-state index in [9.17, 15) is 0 Å². The second-order valence-corrected chi connectivity index (χ2v) is 6.36. The molecule has 0 saturated heterocycles. The van der Waals surface area contributed by atoms with Crippen LogP contribution in [-0.2, 0) is 11.2 Å². The second-order valence-electron chi connectivity index (χ2n) is 5.08. The van der Waals surface area contributed by atoms with Crippen LogP contribution in [0.4, 0.5) is 0 Å². The molecule has 0 saturated carbocycles. The van der Waals surface area contributed by atoms with Crippen molar-refractivity contribution in [3.63, 3.8) is 0 Å². The van der Waals surface area contributed by atoms with Gasteiger partial charge in [-0.25, -0.2) is 4.98 Å². The summed E-state index contributed by atoms with van der Waals surface area (Å²) in [6, 6.07) is 0.370. The number of ether oxygens (including phenoxy) is 1. The summed E-state index contributed by atoms with van der Waals surface area (Å²) in [7, 11) is 1.82. The van der Waals surface area contributed by atoms with Gasteiger partial charge in [-0.15, -0.1) is 11.3 Å². The zero-order valence-electron chi connectivity index (χ0n) is 13.0. The minimum atomic E-state index is 0.279. The molecule has 0 aromatic carbocycles. The van der Waals surface area contributed by atoms with Gasteiger partial charge >= 0.3 is 0 Å². The Labute approximate surface area is 121 Å². The van der Waals surface area contributed by atoms with Crippen molar-refractivity contribution in [3.05, 3.63) is 15.6 Å². The SMILES string of the molecule is CCCNC(Cc1nc(C)c(C)s1)C(CCC)OC. The third kappa shape index (κ3) is 5.21. The molecule has 4 heteroatoms. The van der Waals surface area contributed by atoms with Crippen molar-refractivity contribution in [1.82, 2.24) is 10.3 Å². The minimum Gasteiger partial charge on any atom is -0.380 e. The van der Waals surface area contributed by atoms with Crippen molar-refractivity contribution >= 4 is 11.3 Å². The predicted molar refractivity (Wildman–Crippen MR) is 83.1 cm³/mol. The molecule has 2 atom stereocenters. The van der Waals surface area contributed by atoms with Crippen LogP contribution in [0.5, 0.6) is 0 Å². The van der Waals surface area contributed by atoms with Crippen LogP contribution in [-0.4, -0.2) is 30.8 Å². The van der Waals surface area contributed by atoms with Gasteiger partial charge in [0.1, 0.15) is 0 Å². The number of aromatic nitrogens is 1. The first-order valence-electron chi connectivity index (χ1n) is 7.31. The van der Waals surface area contributed by atoms with Crippen LogP contribution in [0.15, 0.2) is 0 Å². The van der Waals surface area contributed by atoms with E-state index in [1.54, 1.807) is 0 Å². The average Bonchev–Trinajstić information content (AvgIpc) is 2.71. The van der Waals surface area contributed by atoms with Gasteiger partial charge in [-0.1, -0.05) is 20.3 Å². The molecule has 19 heavy (non-hydrogen) atoms. The van der Waals surface area contributed by atoms with Gasteiger partial charge in [0.2, 0.25) is 0 Å². The van der Waals surface area contributed by atoms with Crippen molar-refractivity contribution in [2.24, 2.45) is 0 Å². The maximum Gasteiger partial charge on any atom is 0.0947 e. The fourth-order valence-corrected chi connectivity index (χ4v) is 3.24. The first-order valence-corrected chi connectivity index (χ1v) is 8.13. The van der Waals surface area contributed by atoms with Crippen LogP contribution in [0.1, 0.15) is 48.7 Å². The van der Waals surface area contributed by atoms with E-state index in [-0.39, 0.29) is 6.10 Å². The van der Waals surface area contributed by atoms with Gasteiger partial charge in [-0.3, -0.25) is 0 Å². The van der Waals surface area contributed by atoms with Gasteiger partial charge in [0.05, 0.1) is 16.8 Å². The molecule has 0 amide bonds. The van der Waals surface area contributed by atoms with Gasteiger partial charge in [-0.2, -0.15) is 0 Å². The van der Waals surface area contributed by atoms with Gasteiger partial charge < -0.3 is 10.1 Å². The number of nitrogens with one attached hydrogen (secondary N) is 1. The van der Waals surface area contributed by atoms with Crippen molar-refractivity contribution in [1.29, 1.82) is 0 Å². The number of thiazole rings is 1. The molecule has 3 nitrogen and oxygen atoms in total. The van der Waals surface area contributed by atoms with E-state index >= 15 is 0 Å². The molecule has 1 N–H and O–H groups in total. The zero-order chi connectivity index (χ0) is 14.3. The molecule has 1 aromatic heterocycles. The van der Waals surface area contributed by atoms with E-state index in [4.69, 9.17) is 4.74 Å². The lowest BCUT2D eigenvalue weighted by Crippen LogP contribution is -2.43. The summed E-state index contributed by atoms with van der Waals surface area (Å²) < 4.78 is 5.67. The summed E-state index contributed by atoms with van der Waals surface area (Å²) in [5.74, 6) is 0. The molecule has 0 spiro atoms. The Balaban J connectivity index is 2.71. The molecule has 1 aromatic rings. The maximum absolute atomic E-state index is 5.67. The summed E-state index contributed by atoms with van der Waals surface area (Å²) in [5.41, 5.74) is 1.17. The van der Waals surface area contributed by atoms with E-state index in [1.165, 1.54) is 15.6 Å². The summed E-state index contributed by atoms with van der Waals surface area (Å²) >= 11 is 1.82. The van der Waals surface area contributed by atoms with E-state index < -0.39 is 0 Å². The highest BCUT2D eigenvalue weighted by atomic mass is 32.1. The highest BCUT2D eigenvalue weighted by Crippen LogP contribution is 2.20. The predicted octanol–water partition coefficient (Wildman–Crippen LogP) is 3.49. The lowest BCUT2D eigenvalue weighted by molar-refractivity contribution is 0.0609. The Morgan fingerprint density at radius 3 is 2.47 bits per heavy atom. The first kappa shape index (κ1) is 16.6. The van der Waals surface area contributed by atoms with E-state index in [1.807, 2.05) is 18.4 Å². The zero-order valence-corrected chi connectivity index (χ0v) is 13.8. The van der Waals surface area contributed by atoms with E-state index in [2.05, 4.69) is 38.0 Å². The highest BCUT2D eigenvalue weighted by molar-refractivity contribution is 7.11. The Morgan fingerprint density at radius 1 is 1.26 bits per heavy atom.